The van der Waals surface area contributed by atoms with Gasteiger partial charge in [-0.3, -0.25) is 0 Å². The van der Waals surface area contributed by atoms with Crippen molar-refractivity contribution in [1.82, 2.24) is 5.32 Å². The lowest BCUT2D eigenvalue weighted by Crippen LogP contribution is -2.29. The minimum absolute atomic E-state index is 0.204. The third-order valence-corrected chi connectivity index (χ3v) is 3.35. The monoisotopic (exact) mass is 260 g/mol. The molecule has 0 bridgehead atoms. The van der Waals surface area contributed by atoms with Crippen molar-refractivity contribution in [3.05, 3.63) is 47.5 Å². The quantitative estimate of drug-likeness (QED) is 0.606. The molecule has 0 saturated heterocycles. The van der Waals surface area contributed by atoms with Crippen LogP contribution in [0.2, 0.25) is 0 Å². The highest BCUT2D eigenvalue weighted by Crippen LogP contribution is 2.23. The third kappa shape index (κ3) is 5.17. The van der Waals surface area contributed by atoms with Crippen LogP contribution in [-0.4, -0.2) is 13.1 Å². The van der Waals surface area contributed by atoms with Crippen LogP contribution >= 0.6 is 0 Å². The summed E-state index contributed by atoms with van der Waals surface area (Å²) in [5.74, 6) is 0. The highest BCUT2D eigenvalue weighted by atomic mass is 14.9. The number of nitrogens with one attached hydrogen (secondary N) is 1. The molecule has 2 heteroatoms. The largest absolute Gasteiger partial charge is 0.329 e. The minimum atomic E-state index is 0.204. The Balaban J connectivity index is 2.66. The summed E-state index contributed by atoms with van der Waals surface area (Å²) < 4.78 is 0. The molecule has 0 aliphatic rings. The van der Waals surface area contributed by atoms with Crippen LogP contribution < -0.4 is 11.1 Å². The third-order valence-electron chi connectivity index (χ3n) is 3.35. The van der Waals surface area contributed by atoms with Gasteiger partial charge in [0.2, 0.25) is 0 Å². The van der Waals surface area contributed by atoms with Gasteiger partial charge >= 0.3 is 0 Å². The summed E-state index contributed by atoms with van der Waals surface area (Å²) in [6, 6.07) is 9.07. The van der Waals surface area contributed by atoms with Crippen molar-refractivity contribution in [3.63, 3.8) is 0 Å². The van der Waals surface area contributed by atoms with Gasteiger partial charge in [0, 0.05) is 12.6 Å². The van der Waals surface area contributed by atoms with Gasteiger partial charge in [-0.25, -0.2) is 0 Å². The molecule has 1 aromatic carbocycles. The first kappa shape index (κ1) is 15.9. The fourth-order valence-corrected chi connectivity index (χ4v) is 2.06. The van der Waals surface area contributed by atoms with Gasteiger partial charge in [0.1, 0.15) is 0 Å². The Morgan fingerprint density at radius 3 is 2.32 bits per heavy atom. The molecule has 0 heterocycles. The second kappa shape index (κ2) is 7.46. The smallest absolute Gasteiger partial charge is 0.0444 e. The predicted molar refractivity (Wildman–Crippen MR) is 84.4 cm³/mol. The molecule has 1 aromatic rings. The van der Waals surface area contributed by atoms with Gasteiger partial charge in [-0.2, -0.15) is 0 Å². The SMILES string of the molecule is C/C=C/CCNC(CN)c1ccc(C(C)(C)C)cc1. The Morgan fingerprint density at radius 1 is 1.21 bits per heavy atom. The Hall–Kier alpha value is -1.12. The zero-order valence-corrected chi connectivity index (χ0v) is 12.7. The van der Waals surface area contributed by atoms with Gasteiger partial charge in [0.15, 0.2) is 0 Å². The van der Waals surface area contributed by atoms with Crippen molar-refractivity contribution in [2.45, 2.75) is 45.6 Å². The first-order valence-electron chi connectivity index (χ1n) is 7.14. The molecule has 0 amide bonds. The van der Waals surface area contributed by atoms with E-state index in [0.717, 1.165) is 13.0 Å². The normalized spacial score (nSPS) is 13.9. The number of hydrogen-bond acceptors (Lipinski definition) is 2. The number of allylic oxidation sites excluding steroid dienone is 1. The molecule has 0 spiro atoms. The molecule has 3 N–H and O–H groups in total. The van der Waals surface area contributed by atoms with Crippen molar-refractivity contribution < 1.29 is 0 Å². The van der Waals surface area contributed by atoms with E-state index in [-0.39, 0.29) is 11.5 Å². The Bertz CT molecular complexity index is 385. The molecule has 1 rings (SSSR count). The highest BCUT2D eigenvalue weighted by Gasteiger charge is 2.14. The Morgan fingerprint density at radius 2 is 1.84 bits per heavy atom. The summed E-state index contributed by atoms with van der Waals surface area (Å²) in [7, 11) is 0. The van der Waals surface area contributed by atoms with Crippen molar-refractivity contribution >= 4 is 0 Å². The average Bonchev–Trinajstić information content (AvgIpc) is 2.38. The van der Waals surface area contributed by atoms with Crippen LogP contribution in [0.4, 0.5) is 0 Å². The van der Waals surface area contributed by atoms with Crippen molar-refractivity contribution in [2.75, 3.05) is 13.1 Å². The molecule has 0 aliphatic carbocycles. The van der Waals surface area contributed by atoms with Crippen molar-refractivity contribution in [1.29, 1.82) is 0 Å². The average molecular weight is 260 g/mol. The maximum absolute atomic E-state index is 5.86. The van der Waals surface area contributed by atoms with E-state index in [1.807, 2.05) is 6.92 Å². The first-order chi connectivity index (χ1) is 8.99. The van der Waals surface area contributed by atoms with E-state index >= 15 is 0 Å². The van der Waals surface area contributed by atoms with Crippen LogP contribution in [0.15, 0.2) is 36.4 Å². The molecule has 2 nitrogen and oxygen atoms in total. The maximum atomic E-state index is 5.86. The Labute approximate surface area is 118 Å². The van der Waals surface area contributed by atoms with Gasteiger partial charge in [0.25, 0.3) is 0 Å². The van der Waals surface area contributed by atoms with E-state index in [0.29, 0.717) is 6.54 Å². The number of benzene rings is 1. The first-order valence-corrected chi connectivity index (χ1v) is 7.14. The molecule has 0 radical (unpaired) electrons. The van der Waals surface area contributed by atoms with Gasteiger partial charge < -0.3 is 11.1 Å². The highest BCUT2D eigenvalue weighted by molar-refractivity contribution is 5.29. The molecule has 0 saturated carbocycles. The standard InChI is InChI=1S/C17H28N2/c1-5-6-7-12-19-16(13-18)14-8-10-15(11-9-14)17(2,3)4/h5-6,8-11,16,19H,7,12-13,18H2,1-4H3/b6-5+. The second-order valence-corrected chi connectivity index (χ2v) is 5.97. The number of rotatable bonds is 6. The van der Waals surface area contributed by atoms with Gasteiger partial charge in [-0.1, -0.05) is 57.2 Å². The summed E-state index contributed by atoms with van der Waals surface area (Å²) in [6.07, 6.45) is 5.30. The summed E-state index contributed by atoms with van der Waals surface area (Å²) in [6.45, 7) is 10.3. The van der Waals surface area contributed by atoms with Crippen LogP contribution in [0.25, 0.3) is 0 Å². The predicted octanol–water partition coefficient (Wildman–Crippen LogP) is 3.54. The fraction of sp³-hybridized carbons (Fsp3) is 0.529. The zero-order chi connectivity index (χ0) is 14.3. The Kier molecular flexibility index (Phi) is 6.26. The molecule has 106 valence electrons. The lowest BCUT2D eigenvalue weighted by atomic mass is 9.86. The van der Waals surface area contributed by atoms with E-state index in [2.05, 4.69) is 62.5 Å². The molecule has 1 atom stereocenters. The topological polar surface area (TPSA) is 38.0 Å². The maximum Gasteiger partial charge on any atom is 0.0444 e. The van der Waals surface area contributed by atoms with Crippen molar-refractivity contribution in [2.24, 2.45) is 5.73 Å². The van der Waals surface area contributed by atoms with Crippen LogP contribution in [0.3, 0.4) is 0 Å². The summed E-state index contributed by atoms with van der Waals surface area (Å²) in [5, 5.41) is 3.50. The van der Waals surface area contributed by atoms with E-state index in [1.54, 1.807) is 0 Å². The zero-order valence-electron chi connectivity index (χ0n) is 12.7. The second-order valence-electron chi connectivity index (χ2n) is 5.97. The van der Waals surface area contributed by atoms with Gasteiger partial charge in [0.05, 0.1) is 0 Å². The lowest BCUT2D eigenvalue weighted by molar-refractivity contribution is 0.546. The molecular weight excluding hydrogens is 232 g/mol. The van der Waals surface area contributed by atoms with Crippen LogP contribution in [0.5, 0.6) is 0 Å². The number of hydrogen-bond donors (Lipinski definition) is 2. The molecule has 19 heavy (non-hydrogen) atoms. The minimum Gasteiger partial charge on any atom is -0.329 e. The summed E-state index contributed by atoms with van der Waals surface area (Å²) in [4.78, 5) is 0. The summed E-state index contributed by atoms with van der Waals surface area (Å²) >= 11 is 0. The van der Waals surface area contributed by atoms with E-state index < -0.39 is 0 Å². The van der Waals surface area contributed by atoms with Crippen LogP contribution in [0.1, 0.15) is 51.3 Å². The van der Waals surface area contributed by atoms with E-state index in [9.17, 15) is 0 Å². The molecule has 1 unspecified atom stereocenters. The van der Waals surface area contributed by atoms with E-state index in [4.69, 9.17) is 5.73 Å². The fourth-order valence-electron chi connectivity index (χ4n) is 2.06. The number of nitrogens with two attached hydrogens (primary N) is 1. The lowest BCUT2D eigenvalue weighted by Gasteiger charge is -2.21. The van der Waals surface area contributed by atoms with Crippen molar-refractivity contribution in [3.8, 4) is 0 Å². The van der Waals surface area contributed by atoms with E-state index in [1.165, 1.54) is 11.1 Å². The van der Waals surface area contributed by atoms with Gasteiger partial charge in [-0.05, 0) is 36.4 Å². The summed E-state index contributed by atoms with van der Waals surface area (Å²) in [5.41, 5.74) is 8.70. The molecule has 0 aromatic heterocycles. The van der Waals surface area contributed by atoms with Gasteiger partial charge in [-0.15, -0.1) is 0 Å². The molecule has 0 fully saturated rings. The molecule has 0 aliphatic heterocycles. The van der Waals surface area contributed by atoms with Crippen LogP contribution in [0, 0.1) is 0 Å². The molecular formula is C17H28N2. The van der Waals surface area contributed by atoms with Crippen LogP contribution in [-0.2, 0) is 5.41 Å².